The van der Waals surface area contributed by atoms with Crippen molar-refractivity contribution >= 4 is 0 Å². The van der Waals surface area contributed by atoms with Crippen molar-refractivity contribution in [1.82, 2.24) is 5.32 Å². The molecule has 0 fully saturated rings. The molecule has 4 N–H and O–H groups in total. The molecule has 0 bridgehead atoms. The molecule has 0 amide bonds. The third kappa shape index (κ3) is 7.92. The normalized spacial score (nSPS) is 10.8. The first-order valence-electron chi connectivity index (χ1n) is 6.61. The van der Waals surface area contributed by atoms with Gasteiger partial charge in [-0.2, -0.15) is 0 Å². The summed E-state index contributed by atoms with van der Waals surface area (Å²) in [5, 5.41) is 12.2. The van der Waals surface area contributed by atoms with Crippen molar-refractivity contribution in [1.29, 1.82) is 0 Å². The molecule has 0 aliphatic heterocycles. The Hall–Kier alpha value is -0.980. The zero-order valence-electron chi connectivity index (χ0n) is 11.3. The highest BCUT2D eigenvalue weighted by molar-refractivity contribution is 5.21. The summed E-state index contributed by atoms with van der Waals surface area (Å²) in [5.41, 5.74) is 7.43. The van der Waals surface area contributed by atoms with Gasteiger partial charge in [0.1, 0.15) is 0 Å². The molecule has 0 radical (unpaired) electrons. The minimum absolute atomic E-state index is 0.0910. The lowest BCUT2D eigenvalue weighted by atomic mass is 10.1. The van der Waals surface area contributed by atoms with Crippen LogP contribution in [0.3, 0.4) is 0 Å². The van der Waals surface area contributed by atoms with Crippen molar-refractivity contribution in [2.45, 2.75) is 13.2 Å². The summed E-state index contributed by atoms with van der Waals surface area (Å²) in [7, 11) is 0. The molecule has 0 saturated carbocycles. The molecule has 5 heteroatoms. The maximum atomic E-state index is 8.93. The van der Waals surface area contributed by atoms with Gasteiger partial charge in [0.05, 0.1) is 33.0 Å². The summed E-state index contributed by atoms with van der Waals surface area (Å²) in [6.45, 7) is 4.71. The number of hydrogen-bond donors (Lipinski definition) is 3. The van der Waals surface area contributed by atoms with E-state index in [1.54, 1.807) is 0 Å². The van der Waals surface area contributed by atoms with Crippen molar-refractivity contribution in [3.8, 4) is 0 Å². The molecule has 0 heterocycles. The van der Waals surface area contributed by atoms with Crippen LogP contribution in [0.25, 0.3) is 0 Å². The molecule has 1 rings (SSSR count). The van der Waals surface area contributed by atoms with Gasteiger partial charge < -0.3 is 25.6 Å². The largest absolute Gasteiger partial charge is 0.392 e. The first kappa shape index (κ1) is 16.1. The van der Waals surface area contributed by atoms with Gasteiger partial charge in [-0.3, -0.25) is 0 Å². The highest BCUT2D eigenvalue weighted by Gasteiger charge is 1.94. The number of aliphatic hydroxyl groups is 1. The van der Waals surface area contributed by atoms with Gasteiger partial charge in [0.2, 0.25) is 0 Å². The van der Waals surface area contributed by atoms with E-state index in [9.17, 15) is 0 Å². The zero-order valence-corrected chi connectivity index (χ0v) is 11.3. The van der Waals surface area contributed by atoms with Crippen molar-refractivity contribution in [2.24, 2.45) is 5.73 Å². The van der Waals surface area contributed by atoms with Crippen molar-refractivity contribution in [2.75, 3.05) is 39.5 Å². The average Bonchev–Trinajstić information content (AvgIpc) is 2.46. The van der Waals surface area contributed by atoms with Crippen LogP contribution < -0.4 is 11.1 Å². The van der Waals surface area contributed by atoms with Crippen LogP contribution in [0.4, 0.5) is 0 Å². The van der Waals surface area contributed by atoms with E-state index >= 15 is 0 Å². The van der Waals surface area contributed by atoms with E-state index in [2.05, 4.69) is 5.32 Å². The molecule has 5 nitrogen and oxygen atoms in total. The van der Waals surface area contributed by atoms with Gasteiger partial charge in [0.25, 0.3) is 0 Å². The van der Waals surface area contributed by atoms with E-state index in [4.69, 9.17) is 20.3 Å². The molecule has 0 unspecified atom stereocenters. The zero-order chi connectivity index (χ0) is 13.8. The number of nitrogens with one attached hydrogen (secondary N) is 1. The van der Waals surface area contributed by atoms with Crippen LogP contribution in [0.2, 0.25) is 0 Å². The summed E-state index contributed by atoms with van der Waals surface area (Å²) in [6, 6.07) is 7.89. The Balaban J connectivity index is 1.95. The molecule has 0 atom stereocenters. The second-order valence-electron chi connectivity index (χ2n) is 4.16. The second-order valence-corrected chi connectivity index (χ2v) is 4.16. The standard InChI is InChI=1S/C14H24N2O3/c15-5-7-18-9-10-19-8-6-16-11-13-1-3-14(12-17)4-2-13/h1-4,16-17H,5-12,15H2. The van der Waals surface area contributed by atoms with Crippen LogP contribution in [0.15, 0.2) is 24.3 Å². The molecular weight excluding hydrogens is 244 g/mol. The maximum absolute atomic E-state index is 8.93. The van der Waals surface area contributed by atoms with Crippen LogP contribution in [-0.2, 0) is 22.6 Å². The SMILES string of the molecule is NCCOCCOCCNCc1ccc(CO)cc1. The summed E-state index contributed by atoms with van der Waals surface area (Å²) >= 11 is 0. The summed E-state index contributed by atoms with van der Waals surface area (Å²) in [4.78, 5) is 0. The monoisotopic (exact) mass is 268 g/mol. The highest BCUT2D eigenvalue weighted by atomic mass is 16.5. The Bertz CT molecular complexity index is 317. The second kappa shape index (κ2) is 10.9. The first-order chi connectivity index (χ1) is 9.36. The van der Waals surface area contributed by atoms with Crippen LogP contribution in [0.5, 0.6) is 0 Å². The minimum Gasteiger partial charge on any atom is -0.392 e. The van der Waals surface area contributed by atoms with Gasteiger partial charge >= 0.3 is 0 Å². The molecule has 108 valence electrons. The number of rotatable bonds is 11. The third-order valence-electron chi connectivity index (χ3n) is 2.59. The number of hydrogen-bond acceptors (Lipinski definition) is 5. The Morgan fingerprint density at radius 2 is 1.58 bits per heavy atom. The Morgan fingerprint density at radius 1 is 0.947 bits per heavy atom. The fourth-order valence-corrected chi connectivity index (χ4v) is 1.54. The van der Waals surface area contributed by atoms with Gasteiger partial charge in [-0.1, -0.05) is 24.3 Å². The lowest BCUT2D eigenvalue weighted by molar-refractivity contribution is 0.0518. The van der Waals surface area contributed by atoms with Crippen LogP contribution in [0, 0.1) is 0 Å². The van der Waals surface area contributed by atoms with Gasteiger partial charge in [-0.15, -0.1) is 0 Å². The smallest absolute Gasteiger partial charge is 0.0701 e. The lowest BCUT2D eigenvalue weighted by Crippen LogP contribution is -2.20. The molecule has 0 saturated heterocycles. The first-order valence-corrected chi connectivity index (χ1v) is 6.61. The number of ether oxygens (including phenoxy) is 2. The number of aliphatic hydroxyl groups excluding tert-OH is 1. The van der Waals surface area contributed by atoms with E-state index < -0.39 is 0 Å². The summed E-state index contributed by atoms with van der Waals surface area (Å²) in [5.74, 6) is 0. The number of benzene rings is 1. The van der Waals surface area contributed by atoms with E-state index in [1.807, 2.05) is 24.3 Å². The molecule has 0 aromatic heterocycles. The Labute approximate surface area is 114 Å². The fourth-order valence-electron chi connectivity index (χ4n) is 1.54. The van der Waals surface area contributed by atoms with Crippen LogP contribution in [0.1, 0.15) is 11.1 Å². The lowest BCUT2D eigenvalue weighted by Gasteiger charge is -2.07. The topological polar surface area (TPSA) is 76.7 Å². The fraction of sp³-hybridized carbons (Fsp3) is 0.571. The third-order valence-corrected chi connectivity index (χ3v) is 2.59. The van der Waals surface area contributed by atoms with Crippen molar-refractivity contribution in [3.05, 3.63) is 35.4 Å². The van der Waals surface area contributed by atoms with Gasteiger partial charge in [0, 0.05) is 19.6 Å². The molecule has 1 aromatic rings. The Morgan fingerprint density at radius 3 is 2.21 bits per heavy atom. The van der Waals surface area contributed by atoms with Crippen LogP contribution >= 0.6 is 0 Å². The van der Waals surface area contributed by atoms with E-state index in [1.165, 1.54) is 5.56 Å². The minimum atomic E-state index is 0.0910. The van der Waals surface area contributed by atoms with Gasteiger partial charge in [-0.25, -0.2) is 0 Å². The highest BCUT2D eigenvalue weighted by Crippen LogP contribution is 2.03. The summed E-state index contributed by atoms with van der Waals surface area (Å²) < 4.78 is 10.6. The van der Waals surface area contributed by atoms with Crippen molar-refractivity contribution in [3.63, 3.8) is 0 Å². The molecule has 0 aliphatic rings. The molecule has 1 aromatic carbocycles. The Kier molecular flexibility index (Phi) is 9.22. The van der Waals surface area contributed by atoms with Crippen LogP contribution in [-0.4, -0.2) is 44.6 Å². The number of nitrogens with two attached hydrogens (primary N) is 1. The predicted octanol–water partition coefficient (Wildman–Crippen LogP) is 0.260. The predicted molar refractivity (Wildman–Crippen MR) is 74.8 cm³/mol. The molecule has 0 spiro atoms. The molecule has 19 heavy (non-hydrogen) atoms. The average molecular weight is 268 g/mol. The van der Waals surface area contributed by atoms with Gasteiger partial charge in [0.15, 0.2) is 0 Å². The quantitative estimate of drug-likeness (QED) is 0.502. The van der Waals surface area contributed by atoms with E-state index in [0.717, 1.165) is 18.7 Å². The van der Waals surface area contributed by atoms with Gasteiger partial charge in [-0.05, 0) is 11.1 Å². The molecule has 0 aliphatic carbocycles. The molecular formula is C14H24N2O3. The maximum Gasteiger partial charge on any atom is 0.0701 e. The van der Waals surface area contributed by atoms with E-state index in [0.29, 0.717) is 33.0 Å². The van der Waals surface area contributed by atoms with E-state index in [-0.39, 0.29) is 6.61 Å². The van der Waals surface area contributed by atoms with Crippen molar-refractivity contribution < 1.29 is 14.6 Å². The summed E-state index contributed by atoms with van der Waals surface area (Å²) in [6.07, 6.45) is 0.